The van der Waals surface area contributed by atoms with Crippen molar-refractivity contribution in [3.05, 3.63) is 30.1 Å². The van der Waals surface area contributed by atoms with Crippen molar-refractivity contribution in [1.82, 2.24) is 10.3 Å². The van der Waals surface area contributed by atoms with E-state index < -0.39 is 0 Å². The van der Waals surface area contributed by atoms with Crippen LogP contribution in [0.2, 0.25) is 0 Å². The lowest BCUT2D eigenvalue weighted by Crippen LogP contribution is -2.49. The molecule has 0 amide bonds. The largest absolute Gasteiger partial charge is 0.457 e. The number of piperidine rings is 1. The van der Waals surface area contributed by atoms with E-state index in [2.05, 4.69) is 10.3 Å². The maximum Gasteiger partial charge on any atom is 0.338 e. The van der Waals surface area contributed by atoms with Gasteiger partial charge in [0.2, 0.25) is 0 Å². The number of hydrogen-bond donors (Lipinski definition) is 2. The molecule has 0 aromatic carbocycles. The van der Waals surface area contributed by atoms with E-state index in [1.54, 1.807) is 24.5 Å². The molecule has 1 saturated heterocycles. The zero-order valence-corrected chi connectivity index (χ0v) is 10.4. The minimum atomic E-state index is -0.338. The lowest BCUT2D eigenvalue weighted by atomic mass is 9.93. The van der Waals surface area contributed by atoms with Gasteiger partial charge in [-0.05, 0) is 31.4 Å². The summed E-state index contributed by atoms with van der Waals surface area (Å²) in [6.45, 7) is 2.86. The van der Waals surface area contributed by atoms with Crippen molar-refractivity contribution in [3.8, 4) is 0 Å². The van der Waals surface area contributed by atoms with E-state index in [-0.39, 0.29) is 30.6 Å². The number of aromatic nitrogens is 1. The van der Waals surface area contributed by atoms with Crippen LogP contribution < -0.4 is 5.32 Å². The first-order valence-electron chi connectivity index (χ1n) is 6.16. The number of ether oxygens (including phenoxy) is 1. The van der Waals surface area contributed by atoms with E-state index in [0.717, 1.165) is 6.54 Å². The van der Waals surface area contributed by atoms with Crippen molar-refractivity contribution in [1.29, 1.82) is 0 Å². The molecular formula is C13H18N2O3. The third-order valence-corrected chi connectivity index (χ3v) is 3.28. The van der Waals surface area contributed by atoms with Crippen LogP contribution in [-0.2, 0) is 4.74 Å². The Kier molecular flexibility index (Phi) is 4.28. The summed E-state index contributed by atoms with van der Waals surface area (Å²) in [5.41, 5.74) is 0.503. The molecule has 1 aliphatic rings. The fraction of sp³-hybridized carbons (Fsp3) is 0.538. The normalized spacial score (nSPS) is 27.8. The Morgan fingerprint density at radius 3 is 2.94 bits per heavy atom. The molecule has 1 aromatic rings. The van der Waals surface area contributed by atoms with E-state index in [1.807, 2.05) is 6.92 Å². The number of carbonyl (C=O) groups is 1. The number of carbonyl (C=O) groups excluding carboxylic acids is 1. The summed E-state index contributed by atoms with van der Waals surface area (Å²) in [5, 5.41) is 12.4. The Hall–Kier alpha value is -1.46. The van der Waals surface area contributed by atoms with Crippen molar-refractivity contribution in [2.75, 3.05) is 13.2 Å². The third-order valence-electron chi connectivity index (χ3n) is 3.28. The Bertz CT molecular complexity index is 396. The minimum absolute atomic E-state index is 0.110. The van der Waals surface area contributed by atoms with Gasteiger partial charge in [0.1, 0.15) is 6.10 Å². The van der Waals surface area contributed by atoms with Gasteiger partial charge in [-0.15, -0.1) is 0 Å². The average molecular weight is 250 g/mol. The van der Waals surface area contributed by atoms with Gasteiger partial charge in [0.25, 0.3) is 0 Å². The number of aliphatic hydroxyl groups excluding tert-OH is 1. The Balaban J connectivity index is 1.97. The van der Waals surface area contributed by atoms with Crippen molar-refractivity contribution in [2.24, 2.45) is 5.92 Å². The summed E-state index contributed by atoms with van der Waals surface area (Å²) in [6.07, 6.45) is 3.63. The zero-order valence-electron chi connectivity index (χ0n) is 10.4. The van der Waals surface area contributed by atoms with Crippen molar-refractivity contribution in [2.45, 2.75) is 25.5 Å². The molecule has 0 saturated carbocycles. The van der Waals surface area contributed by atoms with Crippen LogP contribution in [0.1, 0.15) is 23.7 Å². The molecule has 0 aliphatic carbocycles. The molecule has 3 atom stereocenters. The average Bonchev–Trinajstić information content (AvgIpc) is 2.42. The first kappa shape index (κ1) is 13.0. The molecule has 1 aliphatic heterocycles. The van der Waals surface area contributed by atoms with Crippen LogP contribution in [0.5, 0.6) is 0 Å². The summed E-state index contributed by atoms with van der Waals surface area (Å²) in [7, 11) is 0. The molecule has 5 nitrogen and oxygen atoms in total. The van der Waals surface area contributed by atoms with Crippen LogP contribution in [-0.4, -0.2) is 41.4 Å². The summed E-state index contributed by atoms with van der Waals surface area (Å²) in [5.74, 6) is -0.189. The lowest BCUT2D eigenvalue weighted by Gasteiger charge is -2.34. The van der Waals surface area contributed by atoms with Crippen molar-refractivity contribution in [3.63, 3.8) is 0 Å². The van der Waals surface area contributed by atoms with Gasteiger partial charge in [0.15, 0.2) is 0 Å². The number of hydrogen-bond acceptors (Lipinski definition) is 5. The van der Waals surface area contributed by atoms with Crippen molar-refractivity contribution >= 4 is 5.97 Å². The highest BCUT2D eigenvalue weighted by atomic mass is 16.5. The quantitative estimate of drug-likeness (QED) is 0.769. The fourth-order valence-corrected chi connectivity index (χ4v) is 2.08. The molecule has 2 rings (SSSR count). The van der Waals surface area contributed by atoms with Gasteiger partial charge in [-0.25, -0.2) is 4.79 Å². The molecule has 0 radical (unpaired) electrons. The highest BCUT2D eigenvalue weighted by Crippen LogP contribution is 2.19. The fourth-order valence-electron chi connectivity index (χ4n) is 2.08. The predicted molar refractivity (Wildman–Crippen MR) is 66.1 cm³/mol. The second kappa shape index (κ2) is 5.93. The van der Waals surface area contributed by atoms with Crippen LogP contribution in [0, 0.1) is 5.92 Å². The molecule has 2 heterocycles. The summed E-state index contributed by atoms with van der Waals surface area (Å²) < 4.78 is 5.48. The summed E-state index contributed by atoms with van der Waals surface area (Å²) in [4.78, 5) is 15.8. The van der Waals surface area contributed by atoms with E-state index in [0.29, 0.717) is 12.0 Å². The number of esters is 1. The highest BCUT2D eigenvalue weighted by molar-refractivity contribution is 5.89. The zero-order chi connectivity index (χ0) is 13.0. The Labute approximate surface area is 106 Å². The van der Waals surface area contributed by atoms with Gasteiger partial charge in [0.05, 0.1) is 5.56 Å². The Morgan fingerprint density at radius 2 is 2.28 bits per heavy atom. The van der Waals surface area contributed by atoms with E-state index in [4.69, 9.17) is 9.84 Å². The van der Waals surface area contributed by atoms with Gasteiger partial charge in [-0.2, -0.15) is 0 Å². The minimum Gasteiger partial charge on any atom is -0.457 e. The SMILES string of the molecule is CC1NCC(CO)CC1OC(=O)c1ccncc1. The predicted octanol–water partition coefficient (Wildman–Crippen LogP) is 0.597. The standard InChI is InChI=1S/C13H18N2O3/c1-9-12(6-10(8-16)7-15-9)18-13(17)11-2-4-14-5-3-11/h2-5,9-10,12,15-16H,6-8H2,1H3. The number of rotatable bonds is 3. The second-order valence-corrected chi connectivity index (χ2v) is 4.66. The Morgan fingerprint density at radius 1 is 1.56 bits per heavy atom. The smallest absolute Gasteiger partial charge is 0.338 e. The molecule has 3 unspecified atom stereocenters. The van der Waals surface area contributed by atoms with Crippen LogP contribution in [0.15, 0.2) is 24.5 Å². The molecule has 18 heavy (non-hydrogen) atoms. The lowest BCUT2D eigenvalue weighted by molar-refractivity contribution is 0.000805. The van der Waals surface area contributed by atoms with Gasteiger partial charge in [-0.3, -0.25) is 4.98 Å². The molecule has 98 valence electrons. The second-order valence-electron chi connectivity index (χ2n) is 4.66. The van der Waals surface area contributed by atoms with Gasteiger partial charge in [-0.1, -0.05) is 0 Å². The summed E-state index contributed by atoms with van der Waals surface area (Å²) >= 11 is 0. The van der Waals surface area contributed by atoms with Crippen LogP contribution in [0.4, 0.5) is 0 Å². The number of nitrogens with one attached hydrogen (secondary N) is 1. The molecule has 0 bridgehead atoms. The van der Waals surface area contributed by atoms with Gasteiger partial charge < -0.3 is 15.2 Å². The van der Waals surface area contributed by atoms with E-state index in [1.165, 1.54) is 0 Å². The molecule has 1 aromatic heterocycles. The van der Waals surface area contributed by atoms with Crippen LogP contribution >= 0.6 is 0 Å². The monoisotopic (exact) mass is 250 g/mol. The maximum atomic E-state index is 11.9. The first-order chi connectivity index (χ1) is 8.70. The molecule has 0 spiro atoms. The number of aliphatic hydroxyl groups is 1. The number of nitrogens with zero attached hydrogens (tertiary/aromatic N) is 1. The first-order valence-corrected chi connectivity index (χ1v) is 6.16. The summed E-state index contributed by atoms with van der Waals surface area (Å²) in [6, 6.07) is 3.37. The van der Waals surface area contributed by atoms with Gasteiger partial charge >= 0.3 is 5.97 Å². The number of pyridine rings is 1. The molecule has 2 N–H and O–H groups in total. The van der Waals surface area contributed by atoms with E-state index >= 15 is 0 Å². The molecule has 5 heteroatoms. The van der Waals surface area contributed by atoms with Crippen LogP contribution in [0.3, 0.4) is 0 Å². The highest BCUT2D eigenvalue weighted by Gasteiger charge is 2.30. The van der Waals surface area contributed by atoms with E-state index in [9.17, 15) is 4.79 Å². The third kappa shape index (κ3) is 3.05. The van der Waals surface area contributed by atoms with Crippen LogP contribution in [0.25, 0.3) is 0 Å². The van der Waals surface area contributed by atoms with Crippen molar-refractivity contribution < 1.29 is 14.6 Å². The topological polar surface area (TPSA) is 71.4 Å². The molecule has 1 fully saturated rings. The molecular weight excluding hydrogens is 232 g/mol. The maximum absolute atomic E-state index is 11.9. The van der Waals surface area contributed by atoms with Gasteiger partial charge in [0, 0.05) is 31.6 Å².